The third kappa shape index (κ3) is 2.31. The molecular weight excluding hydrogens is 214 g/mol. The highest BCUT2D eigenvalue weighted by atomic mass is 79.9. The molecule has 1 aromatic heterocycles. The Labute approximate surface area is 82.3 Å². The smallest absolute Gasteiger partial charge is 0.0442 e. The van der Waals surface area contributed by atoms with Crippen LogP contribution in [0, 0.1) is 0 Å². The zero-order valence-electron chi connectivity index (χ0n) is 7.50. The van der Waals surface area contributed by atoms with Crippen molar-refractivity contribution in [1.29, 1.82) is 0 Å². The van der Waals surface area contributed by atoms with Crippen LogP contribution in [0.1, 0.15) is 31.9 Å². The first-order valence-electron chi connectivity index (χ1n) is 4.30. The van der Waals surface area contributed by atoms with Crippen LogP contribution >= 0.6 is 15.9 Å². The summed E-state index contributed by atoms with van der Waals surface area (Å²) in [6.45, 7) is 4.38. The average Bonchev–Trinajstić information content (AvgIpc) is 2.17. The second-order valence-corrected chi connectivity index (χ2v) is 4.14. The van der Waals surface area contributed by atoms with Crippen molar-refractivity contribution >= 4 is 15.9 Å². The fraction of sp³-hybridized carbons (Fsp3) is 0.500. The summed E-state index contributed by atoms with van der Waals surface area (Å²) in [6, 6.07) is 6.06. The van der Waals surface area contributed by atoms with Gasteiger partial charge in [0.1, 0.15) is 0 Å². The molecule has 0 bridgehead atoms. The quantitative estimate of drug-likeness (QED) is 0.723. The van der Waals surface area contributed by atoms with Crippen molar-refractivity contribution in [2.75, 3.05) is 0 Å². The molecule has 0 N–H and O–H groups in total. The van der Waals surface area contributed by atoms with Crippen molar-refractivity contribution in [3.05, 3.63) is 30.1 Å². The van der Waals surface area contributed by atoms with Crippen molar-refractivity contribution in [2.45, 2.75) is 31.0 Å². The van der Waals surface area contributed by atoms with Gasteiger partial charge >= 0.3 is 0 Å². The van der Waals surface area contributed by atoms with Crippen LogP contribution in [0.3, 0.4) is 0 Å². The van der Waals surface area contributed by atoms with Gasteiger partial charge in [0.15, 0.2) is 0 Å². The first kappa shape index (κ1) is 9.72. The Morgan fingerprint density at radius 1 is 1.50 bits per heavy atom. The molecular formula is C10H14BrN. The summed E-state index contributed by atoms with van der Waals surface area (Å²) >= 11 is 3.64. The summed E-state index contributed by atoms with van der Waals surface area (Å²) < 4.78 is 0. The van der Waals surface area contributed by atoms with E-state index in [0.29, 0.717) is 10.7 Å². The van der Waals surface area contributed by atoms with Crippen LogP contribution in [-0.4, -0.2) is 9.81 Å². The second-order valence-electron chi connectivity index (χ2n) is 2.97. The lowest BCUT2D eigenvalue weighted by Crippen LogP contribution is -2.08. The lowest BCUT2D eigenvalue weighted by Gasteiger charge is -2.15. The van der Waals surface area contributed by atoms with Crippen molar-refractivity contribution < 1.29 is 0 Å². The Morgan fingerprint density at radius 2 is 2.25 bits per heavy atom. The minimum Gasteiger partial charge on any atom is -0.261 e. The lowest BCUT2D eigenvalue weighted by atomic mass is 10.0. The van der Waals surface area contributed by atoms with Gasteiger partial charge in [-0.05, 0) is 18.6 Å². The molecule has 66 valence electrons. The van der Waals surface area contributed by atoms with Gasteiger partial charge in [-0.25, -0.2) is 0 Å². The van der Waals surface area contributed by atoms with E-state index in [1.54, 1.807) is 0 Å². The highest BCUT2D eigenvalue weighted by Crippen LogP contribution is 2.24. The van der Waals surface area contributed by atoms with Crippen LogP contribution in [-0.2, 0) is 0 Å². The SMILES string of the molecule is CCC(Br)C(C)c1ccccn1. The first-order chi connectivity index (χ1) is 5.75. The monoisotopic (exact) mass is 227 g/mol. The largest absolute Gasteiger partial charge is 0.261 e. The number of hydrogen-bond acceptors (Lipinski definition) is 1. The summed E-state index contributed by atoms with van der Waals surface area (Å²) in [4.78, 5) is 4.85. The van der Waals surface area contributed by atoms with E-state index in [9.17, 15) is 0 Å². The molecule has 0 amide bonds. The molecule has 2 unspecified atom stereocenters. The molecule has 0 aliphatic carbocycles. The zero-order valence-corrected chi connectivity index (χ0v) is 9.08. The van der Waals surface area contributed by atoms with Crippen LogP contribution in [0.25, 0.3) is 0 Å². The fourth-order valence-electron chi connectivity index (χ4n) is 1.18. The number of aromatic nitrogens is 1. The average molecular weight is 228 g/mol. The van der Waals surface area contributed by atoms with Crippen molar-refractivity contribution in [3.8, 4) is 0 Å². The summed E-state index contributed by atoms with van der Waals surface area (Å²) in [5.74, 6) is 0.496. The Balaban J connectivity index is 2.71. The summed E-state index contributed by atoms with van der Waals surface area (Å²) in [5, 5.41) is 0. The predicted molar refractivity (Wildman–Crippen MR) is 55.7 cm³/mol. The molecule has 0 aromatic carbocycles. The highest BCUT2D eigenvalue weighted by Gasteiger charge is 2.14. The maximum atomic E-state index is 4.32. The van der Waals surface area contributed by atoms with E-state index >= 15 is 0 Å². The molecule has 1 nitrogen and oxygen atoms in total. The van der Waals surface area contributed by atoms with Crippen LogP contribution < -0.4 is 0 Å². The summed E-state index contributed by atoms with van der Waals surface area (Å²) in [5.41, 5.74) is 1.17. The van der Waals surface area contributed by atoms with Crippen LogP contribution in [0.15, 0.2) is 24.4 Å². The van der Waals surface area contributed by atoms with Crippen molar-refractivity contribution in [2.24, 2.45) is 0 Å². The second kappa shape index (κ2) is 4.61. The molecule has 0 fully saturated rings. The number of hydrogen-bond donors (Lipinski definition) is 0. The topological polar surface area (TPSA) is 12.9 Å². The Hall–Kier alpha value is -0.370. The van der Waals surface area contributed by atoms with E-state index in [-0.39, 0.29) is 0 Å². The van der Waals surface area contributed by atoms with Crippen LogP contribution in [0.2, 0.25) is 0 Å². The van der Waals surface area contributed by atoms with Gasteiger partial charge in [-0.15, -0.1) is 0 Å². The molecule has 1 heterocycles. The van der Waals surface area contributed by atoms with Gasteiger partial charge in [0, 0.05) is 22.6 Å². The maximum absolute atomic E-state index is 4.32. The summed E-state index contributed by atoms with van der Waals surface area (Å²) in [6.07, 6.45) is 2.99. The normalized spacial score (nSPS) is 15.6. The number of nitrogens with zero attached hydrogens (tertiary/aromatic N) is 1. The molecule has 1 rings (SSSR count). The molecule has 0 saturated heterocycles. The molecule has 2 heteroatoms. The van der Waals surface area contributed by atoms with E-state index in [2.05, 4.69) is 40.8 Å². The molecule has 2 atom stereocenters. The third-order valence-corrected chi connectivity index (χ3v) is 3.53. The first-order valence-corrected chi connectivity index (χ1v) is 5.22. The van der Waals surface area contributed by atoms with Crippen LogP contribution in [0.5, 0.6) is 0 Å². The van der Waals surface area contributed by atoms with E-state index in [4.69, 9.17) is 0 Å². The lowest BCUT2D eigenvalue weighted by molar-refractivity contribution is 0.675. The molecule has 0 aliphatic heterocycles. The molecule has 0 aliphatic rings. The van der Waals surface area contributed by atoms with Gasteiger partial charge in [-0.1, -0.05) is 35.8 Å². The van der Waals surface area contributed by atoms with Gasteiger partial charge < -0.3 is 0 Å². The van der Waals surface area contributed by atoms with Gasteiger partial charge in [0.2, 0.25) is 0 Å². The fourth-order valence-corrected chi connectivity index (χ4v) is 1.45. The Morgan fingerprint density at radius 3 is 2.75 bits per heavy atom. The van der Waals surface area contributed by atoms with E-state index in [1.807, 2.05) is 18.3 Å². The summed E-state index contributed by atoms with van der Waals surface area (Å²) in [7, 11) is 0. The third-order valence-electron chi connectivity index (χ3n) is 2.09. The van der Waals surface area contributed by atoms with Gasteiger partial charge in [-0.3, -0.25) is 4.98 Å². The number of pyridine rings is 1. The van der Waals surface area contributed by atoms with Crippen molar-refractivity contribution in [3.63, 3.8) is 0 Å². The van der Waals surface area contributed by atoms with Crippen molar-refractivity contribution in [1.82, 2.24) is 4.98 Å². The molecule has 12 heavy (non-hydrogen) atoms. The number of alkyl halides is 1. The standard InChI is InChI=1S/C10H14BrN/c1-3-9(11)8(2)10-6-4-5-7-12-10/h4-9H,3H2,1-2H3. The molecule has 1 aromatic rings. The maximum Gasteiger partial charge on any atom is 0.0442 e. The van der Waals surface area contributed by atoms with Crippen LogP contribution in [0.4, 0.5) is 0 Å². The van der Waals surface area contributed by atoms with Gasteiger partial charge in [0.25, 0.3) is 0 Å². The molecule has 0 spiro atoms. The zero-order chi connectivity index (χ0) is 8.97. The number of halogens is 1. The minimum absolute atomic E-state index is 0.496. The van der Waals surface area contributed by atoms with E-state index in [0.717, 1.165) is 6.42 Å². The van der Waals surface area contributed by atoms with Gasteiger partial charge in [-0.2, -0.15) is 0 Å². The Kier molecular flexibility index (Phi) is 3.73. The van der Waals surface area contributed by atoms with Gasteiger partial charge in [0.05, 0.1) is 0 Å². The predicted octanol–water partition coefficient (Wildman–Crippen LogP) is 3.36. The highest BCUT2D eigenvalue weighted by molar-refractivity contribution is 9.09. The molecule has 0 saturated carbocycles. The van der Waals surface area contributed by atoms with E-state index < -0.39 is 0 Å². The van der Waals surface area contributed by atoms with E-state index in [1.165, 1.54) is 5.69 Å². The Bertz CT molecular complexity index is 223. The minimum atomic E-state index is 0.496. The number of rotatable bonds is 3. The molecule has 0 radical (unpaired) electrons.